The van der Waals surface area contributed by atoms with E-state index in [2.05, 4.69) is 5.32 Å². The molecule has 0 saturated heterocycles. The Morgan fingerprint density at radius 2 is 1.79 bits per heavy atom. The number of anilines is 1. The van der Waals surface area contributed by atoms with Gasteiger partial charge in [-0.05, 0) is 32.9 Å². The zero-order valence-electron chi connectivity index (χ0n) is 14.7. The van der Waals surface area contributed by atoms with E-state index in [-0.39, 0.29) is 13.1 Å². The molecule has 0 bridgehead atoms. The van der Waals surface area contributed by atoms with Crippen molar-refractivity contribution < 1.29 is 23.8 Å². The molecule has 8 nitrogen and oxygen atoms in total. The summed E-state index contributed by atoms with van der Waals surface area (Å²) < 4.78 is 15.5. The third kappa shape index (κ3) is 5.62. The molecule has 134 valence electrons. The lowest BCUT2D eigenvalue weighted by molar-refractivity contribution is 0.0337. The molecule has 24 heavy (non-hydrogen) atoms. The molecule has 0 heterocycles. The van der Waals surface area contributed by atoms with E-state index in [0.717, 1.165) is 4.90 Å². The normalized spacial score (nSPS) is 10.8. The van der Waals surface area contributed by atoms with E-state index in [1.807, 2.05) is 0 Å². The van der Waals surface area contributed by atoms with Gasteiger partial charge in [0.15, 0.2) is 11.5 Å². The molecule has 3 amide bonds. The smallest absolute Gasteiger partial charge is 0.418 e. The topological polar surface area (TPSA) is 103 Å². The summed E-state index contributed by atoms with van der Waals surface area (Å²) in [5.74, 6) is 0.986. The predicted molar refractivity (Wildman–Crippen MR) is 90.6 cm³/mol. The van der Waals surface area contributed by atoms with E-state index in [0.29, 0.717) is 17.2 Å². The van der Waals surface area contributed by atoms with Gasteiger partial charge in [0.1, 0.15) is 5.60 Å². The van der Waals surface area contributed by atoms with Gasteiger partial charge < -0.3 is 25.3 Å². The third-order valence-corrected chi connectivity index (χ3v) is 2.85. The van der Waals surface area contributed by atoms with E-state index in [1.165, 1.54) is 14.2 Å². The minimum absolute atomic E-state index is 0.0358. The number of nitrogens with two attached hydrogens (primary N) is 1. The van der Waals surface area contributed by atoms with Gasteiger partial charge in [0.25, 0.3) is 0 Å². The van der Waals surface area contributed by atoms with E-state index >= 15 is 0 Å². The molecule has 1 rings (SSSR count). The number of urea groups is 1. The quantitative estimate of drug-likeness (QED) is 0.854. The van der Waals surface area contributed by atoms with Crippen molar-refractivity contribution in [3.8, 4) is 11.5 Å². The average Bonchev–Trinajstić information content (AvgIpc) is 2.50. The van der Waals surface area contributed by atoms with Crippen LogP contribution in [0.2, 0.25) is 0 Å². The number of amides is 3. The first-order chi connectivity index (χ1) is 11.2. The van der Waals surface area contributed by atoms with Gasteiger partial charge in [0.2, 0.25) is 0 Å². The van der Waals surface area contributed by atoms with Gasteiger partial charge in [0, 0.05) is 24.8 Å². The van der Waals surface area contributed by atoms with Crippen LogP contribution in [0.3, 0.4) is 0 Å². The molecular formula is C16H25N3O5. The zero-order valence-corrected chi connectivity index (χ0v) is 14.7. The van der Waals surface area contributed by atoms with Crippen molar-refractivity contribution >= 4 is 17.8 Å². The molecular weight excluding hydrogens is 314 g/mol. The maximum atomic E-state index is 12.4. The summed E-state index contributed by atoms with van der Waals surface area (Å²) in [7, 11) is 3.01. The Morgan fingerprint density at radius 1 is 1.17 bits per heavy atom. The lowest BCUT2D eigenvalue weighted by atomic mass is 10.2. The summed E-state index contributed by atoms with van der Waals surface area (Å²) >= 11 is 0. The second-order valence-electron chi connectivity index (χ2n) is 5.92. The van der Waals surface area contributed by atoms with Gasteiger partial charge in [-0.3, -0.25) is 0 Å². The van der Waals surface area contributed by atoms with Crippen LogP contribution < -0.4 is 20.5 Å². The second-order valence-corrected chi connectivity index (χ2v) is 5.92. The maximum Gasteiger partial charge on any atom is 0.418 e. The summed E-state index contributed by atoms with van der Waals surface area (Å²) in [4.78, 5) is 25.4. The largest absolute Gasteiger partial charge is 0.493 e. The fraction of sp³-hybridized carbons (Fsp3) is 0.500. The minimum atomic E-state index is -0.758. The van der Waals surface area contributed by atoms with Crippen molar-refractivity contribution in [2.24, 2.45) is 5.73 Å². The number of methoxy groups -OCH3 is 2. The maximum absolute atomic E-state index is 12.4. The van der Waals surface area contributed by atoms with Crippen molar-refractivity contribution in [2.45, 2.75) is 26.4 Å². The average molecular weight is 339 g/mol. The van der Waals surface area contributed by atoms with Crippen LogP contribution >= 0.6 is 0 Å². The van der Waals surface area contributed by atoms with E-state index in [4.69, 9.17) is 19.9 Å². The molecule has 0 atom stereocenters. The van der Waals surface area contributed by atoms with E-state index in [9.17, 15) is 9.59 Å². The number of ether oxygens (including phenoxy) is 3. The molecule has 0 saturated carbocycles. The SMILES string of the molecule is COc1ccc(NC(=O)N(CCN)C(=O)OC(C)(C)C)cc1OC. The predicted octanol–water partition coefficient (Wildman–Crippen LogP) is 2.43. The van der Waals surface area contributed by atoms with Gasteiger partial charge >= 0.3 is 12.1 Å². The Kier molecular flexibility index (Phi) is 6.84. The Bertz CT molecular complexity index is 584. The monoisotopic (exact) mass is 339 g/mol. The fourth-order valence-electron chi connectivity index (χ4n) is 1.83. The number of imide groups is 1. The molecule has 3 N–H and O–H groups in total. The molecule has 0 aliphatic heterocycles. The first-order valence-electron chi connectivity index (χ1n) is 7.45. The van der Waals surface area contributed by atoms with Crippen molar-refractivity contribution in [1.82, 2.24) is 4.90 Å². The van der Waals surface area contributed by atoms with Crippen LogP contribution in [0.1, 0.15) is 20.8 Å². The Morgan fingerprint density at radius 3 is 2.29 bits per heavy atom. The van der Waals surface area contributed by atoms with Crippen LogP contribution in [0.5, 0.6) is 11.5 Å². The van der Waals surface area contributed by atoms with Crippen molar-refractivity contribution in [3.05, 3.63) is 18.2 Å². The Balaban J connectivity index is 2.90. The highest BCUT2D eigenvalue weighted by Crippen LogP contribution is 2.29. The van der Waals surface area contributed by atoms with Crippen molar-refractivity contribution in [3.63, 3.8) is 0 Å². The van der Waals surface area contributed by atoms with Crippen molar-refractivity contribution in [1.29, 1.82) is 0 Å². The van der Waals surface area contributed by atoms with Gasteiger partial charge in [-0.2, -0.15) is 0 Å². The molecule has 0 radical (unpaired) electrons. The molecule has 8 heteroatoms. The third-order valence-electron chi connectivity index (χ3n) is 2.85. The summed E-state index contributed by atoms with van der Waals surface area (Å²) in [6.07, 6.45) is -0.758. The van der Waals surface area contributed by atoms with Crippen LogP contribution in [0.25, 0.3) is 0 Å². The summed E-state index contributed by atoms with van der Waals surface area (Å²) in [5, 5.41) is 2.61. The van der Waals surface area contributed by atoms with Crippen LogP contribution in [0.4, 0.5) is 15.3 Å². The second kappa shape index (κ2) is 8.39. The number of carbonyl (C=O) groups is 2. The molecule has 0 aliphatic rings. The number of hydrogen-bond donors (Lipinski definition) is 2. The molecule has 1 aromatic carbocycles. The standard InChI is InChI=1S/C16H25N3O5/c1-16(2,3)24-15(21)19(9-8-17)14(20)18-11-6-7-12(22-4)13(10-11)23-5/h6-7,10H,8-9,17H2,1-5H3,(H,18,20). The molecule has 0 fully saturated rings. The van der Waals surface area contributed by atoms with Gasteiger partial charge in [-0.25, -0.2) is 14.5 Å². The van der Waals surface area contributed by atoms with Crippen LogP contribution in [-0.2, 0) is 4.74 Å². The summed E-state index contributed by atoms with van der Waals surface area (Å²) in [6, 6.07) is 4.23. The number of nitrogens with zero attached hydrogens (tertiary/aromatic N) is 1. The number of rotatable bonds is 5. The molecule has 0 aromatic heterocycles. The van der Waals surface area contributed by atoms with Gasteiger partial charge in [-0.1, -0.05) is 0 Å². The first-order valence-corrected chi connectivity index (χ1v) is 7.45. The Hall–Kier alpha value is -2.48. The first kappa shape index (κ1) is 19.6. The number of carbonyl (C=O) groups excluding carboxylic acids is 2. The summed E-state index contributed by atoms with van der Waals surface area (Å²) in [5.41, 5.74) is 5.21. The fourth-order valence-corrected chi connectivity index (χ4v) is 1.83. The molecule has 0 unspecified atom stereocenters. The molecule has 0 aliphatic carbocycles. The van der Waals surface area contributed by atoms with Crippen LogP contribution in [0, 0.1) is 0 Å². The molecule has 0 spiro atoms. The summed E-state index contributed by atoms with van der Waals surface area (Å²) in [6.45, 7) is 5.32. The lowest BCUT2D eigenvalue weighted by Gasteiger charge is -2.26. The van der Waals surface area contributed by atoms with Crippen LogP contribution in [0.15, 0.2) is 18.2 Å². The number of benzene rings is 1. The van der Waals surface area contributed by atoms with E-state index in [1.54, 1.807) is 39.0 Å². The number of hydrogen-bond acceptors (Lipinski definition) is 6. The Labute approximate surface area is 141 Å². The number of nitrogens with one attached hydrogen (secondary N) is 1. The lowest BCUT2D eigenvalue weighted by Crippen LogP contribution is -2.45. The van der Waals surface area contributed by atoms with E-state index < -0.39 is 17.7 Å². The van der Waals surface area contributed by atoms with Gasteiger partial charge in [-0.15, -0.1) is 0 Å². The van der Waals surface area contributed by atoms with Gasteiger partial charge in [0.05, 0.1) is 14.2 Å². The minimum Gasteiger partial charge on any atom is -0.493 e. The van der Waals surface area contributed by atoms with Crippen molar-refractivity contribution in [2.75, 3.05) is 32.6 Å². The highest BCUT2D eigenvalue weighted by atomic mass is 16.6. The zero-order chi connectivity index (χ0) is 18.3. The highest BCUT2D eigenvalue weighted by Gasteiger charge is 2.26. The van der Waals surface area contributed by atoms with Crippen LogP contribution in [-0.4, -0.2) is 49.9 Å². The molecule has 1 aromatic rings. The highest BCUT2D eigenvalue weighted by molar-refractivity contribution is 5.99.